The second kappa shape index (κ2) is 6.59. The number of nitrogens with one attached hydrogen (secondary N) is 1. The van der Waals surface area contributed by atoms with Gasteiger partial charge in [0, 0.05) is 30.9 Å². The molecule has 0 unspecified atom stereocenters. The Morgan fingerprint density at radius 1 is 1.56 bits per heavy atom. The third-order valence-electron chi connectivity index (χ3n) is 1.81. The molecule has 0 aliphatic heterocycles. The number of pyridine rings is 1. The van der Waals surface area contributed by atoms with E-state index < -0.39 is 0 Å². The first kappa shape index (κ1) is 12.2. The van der Waals surface area contributed by atoms with Crippen LogP contribution in [0.2, 0.25) is 0 Å². The Morgan fingerprint density at radius 3 is 3.06 bits per heavy atom. The van der Waals surface area contributed by atoms with E-state index in [0.717, 1.165) is 0 Å². The van der Waals surface area contributed by atoms with E-state index in [-0.39, 0.29) is 12.5 Å². The molecule has 0 saturated heterocycles. The van der Waals surface area contributed by atoms with Crippen molar-refractivity contribution in [3.05, 3.63) is 29.6 Å². The molecule has 0 aromatic carbocycles. The van der Waals surface area contributed by atoms with Crippen molar-refractivity contribution < 1.29 is 9.90 Å². The average molecular weight is 218 g/mol. The molecule has 1 heterocycles. The molecule has 4 heteroatoms. The number of hydrogen-bond donors (Lipinski definition) is 2. The zero-order chi connectivity index (χ0) is 11.8. The molecule has 1 aromatic rings. The largest absolute Gasteiger partial charge is 0.395 e. The summed E-state index contributed by atoms with van der Waals surface area (Å²) >= 11 is 0. The van der Waals surface area contributed by atoms with Gasteiger partial charge in [-0.1, -0.05) is 11.8 Å². The van der Waals surface area contributed by atoms with Crippen LogP contribution in [0, 0.1) is 11.8 Å². The smallest absolute Gasteiger partial charge is 0.252 e. The summed E-state index contributed by atoms with van der Waals surface area (Å²) in [4.78, 5) is 15.4. The van der Waals surface area contributed by atoms with Crippen LogP contribution in [-0.4, -0.2) is 29.1 Å². The number of aliphatic hydroxyl groups excluding tert-OH is 1. The van der Waals surface area contributed by atoms with Crippen molar-refractivity contribution in [3.63, 3.8) is 0 Å². The van der Waals surface area contributed by atoms with Crippen molar-refractivity contribution in [3.8, 4) is 11.8 Å². The third kappa shape index (κ3) is 3.71. The Bertz CT molecular complexity index is 419. The second-order valence-electron chi connectivity index (χ2n) is 3.10. The van der Waals surface area contributed by atoms with Crippen LogP contribution in [0.25, 0.3) is 0 Å². The number of aromatic nitrogens is 1. The number of amides is 1. The SMILES string of the molecule is CCNC(=O)c1cncc(C#CCCO)c1. The lowest BCUT2D eigenvalue weighted by Gasteiger charge is -2.01. The summed E-state index contributed by atoms with van der Waals surface area (Å²) < 4.78 is 0. The van der Waals surface area contributed by atoms with E-state index in [1.165, 1.54) is 6.20 Å². The molecule has 1 rings (SSSR count). The second-order valence-corrected chi connectivity index (χ2v) is 3.10. The van der Waals surface area contributed by atoms with Crippen molar-refractivity contribution in [2.45, 2.75) is 13.3 Å². The predicted octanol–water partition coefficient (Wildman–Crippen LogP) is 0.565. The molecule has 4 nitrogen and oxygen atoms in total. The molecular formula is C12H14N2O2. The fourth-order valence-corrected chi connectivity index (χ4v) is 1.12. The van der Waals surface area contributed by atoms with Crippen LogP contribution in [0.15, 0.2) is 18.5 Å². The van der Waals surface area contributed by atoms with Gasteiger partial charge in [0.2, 0.25) is 0 Å². The van der Waals surface area contributed by atoms with E-state index >= 15 is 0 Å². The molecule has 1 amide bonds. The number of carbonyl (C=O) groups excluding carboxylic acids is 1. The summed E-state index contributed by atoms with van der Waals surface area (Å²) in [6.07, 6.45) is 3.51. The molecule has 0 aliphatic rings. The zero-order valence-corrected chi connectivity index (χ0v) is 9.16. The first-order valence-corrected chi connectivity index (χ1v) is 5.11. The van der Waals surface area contributed by atoms with Crippen molar-refractivity contribution in [2.75, 3.05) is 13.2 Å². The van der Waals surface area contributed by atoms with E-state index in [1.807, 2.05) is 6.92 Å². The molecule has 0 fully saturated rings. The summed E-state index contributed by atoms with van der Waals surface area (Å²) in [5, 5.41) is 11.3. The molecular weight excluding hydrogens is 204 g/mol. The zero-order valence-electron chi connectivity index (χ0n) is 9.16. The van der Waals surface area contributed by atoms with Crippen LogP contribution in [0.5, 0.6) is 0 Å². The van der Waals surface area contributed by atoms with Gasteiger partial charge in [-0.2, -0.15) is 0 Å². The van der Waals surface area contributed by atoms with E-state index in [1.54, 1.807) is 12.3 Å². The van der Waals surface area contributed by atoms with E-state index in [4.69, 9.17) is 5.11 Å². The van der Waals surface area contributed by atoms with E-state index in [9.17, 15) is 4.79 Å². The molecule has 16 heavy (non-hydrogen) atoms. The molecule has 0 spiro atoms. The summed E-state index contributed by atoms with van der Waals surface area (Å²) in [5.41, 5.74) is 1.18. The van der Waals surface area contributed by atoms with Gasteiger partial charge in [-0.05, 0) is 13.0 Å². The lowest BCUT2D eigenvalue weighted by atomic mass is 10.2. The standard InChI is InChI=1S/C12H14N2O2/c1-2-14-12(16)11-7-10(8-13-9-11)5-3-4-6-15/h7-9,15H,2,4,6H2,1H3,(H,14,16). The normalized spacial score (nSPS) is 9.12. The summed E-state index contributed by atoms with van der Waals surface area (Å²) in [7, 11) is 0. The predicted molar refractivity (Wildman–Crippen MR) is 60.8 cm³/mol. The first-order chi connectivity index (χ1) is 7.77. The summed E-state index contributed by atoms with van der Waals surface area (Å²) in [6.45, 7) is 2.48. The highest BCUT2D eigenvalue weighted by molar-refractivity contribution is 5.94. The third-order valence-corrected chi connectivity index (χ3v) is 1.81. The van der Waals surface area contributed by atoms with Crippen LogP contribution in [0.1, 0.15) is 29.3 Å². The van der Waals surface area contributed by atoms with Gasteiger partial charge in [0.15, 0.2) is 0 Å². The quantitative estimate of drug-likeness (QED) is 0.729. The van der Waals surface area contributed by atoms with Gasteiger partial charge >= 0.3 is 0 Å². The molecule has 0 bridgehead atoms. The van der Waals surface area contributed by atoms with Crippen molar-refractivity contribution >= 4 is 5.91 Å². The number of aliphatic hydroxyl groups is 1. The Balaban J connectivity index is 2.79. The summed E-state index contributed by atoms with van der Waals surface area (Å²) in [5.74, 6) is 5.46. The monoisotopic (exact) mass is 218 g/mol. The van der Waals surface area contributed by atoms with Gasteiger partial charge in [-0.15, -0.1) is 0 Å². The van der Waals surface area contributed by atoms with E-state index in [2.05, 4.69) is 22.1 Å². The van der Waals surface area contributed by atoms with Crippen LogP contribution in [-0.2, 0) is 0 Å². The van der Waals surface area contributed by atoms with Crippen LogP contribution in [0.3, 0.4) is 0 Å². The molecule has 0 saturated carbocycles. The van der Waals surface area contributed by atoms with Crippen molar-refractivity contribution in [2.24, 2.45) is 0 Å². The van der Waals surface area contributed by atoms with Gasteiger partial charge < -0.3 is 10.4 Å². The number of nitrogens with zero attached hydrogens (tertiary/aromatic N) is 1. The van der Waals surface area contributed by atoms with Gasteiger partial charge in [0.25, 0.3) is 5.91 Å². The highest BCUT2D eigenvalue weighted by Crippen LogP contribution is 2.01. The van der Waals surface area contributed by atoms with Gasteiger partial charge in [-0.25, -0.2) is 0 Å². The fraction of sp³-hybridized carbons (Fsp3) is 0.333. The Kier molecular flexibility index (Phi) is 5.03. The van der Waals surface area contributed by atoms with Crippen LogP contribution >= 0.6 is 0 Å². The molecule has 0 aliphatic carbocycles. The minimum absolute atomic E-state index is 0.0381. The summed E-state index contributed by atoms with van der Waals surface area (Å²) in [6, 6.07) is 1.68. The van der Waals surface area contributed by atoms with Crippen LogP contribution in [0.4, 0.5) is 0 Å². The highest BCUT2D eigenvalue weighted by atomic mass is 16.2. The molecule has 84 valence electrons. The van der Waals surface area contributed by atoms with Gasteiger partial charge in [0.05, 0.1) is 12.2 Å². The topological polar surface area (TPSA) is 62.2 Å². The number of carbonyl (C=O) groups is 1. The maximum Gasteiger partial charge on any atom is 0.252 e. The Hall–Kier alpha value is -1.86. The Morgan fingerprint density at radius 2 is 2.38 bits per heavy atom. The van der Waals surface area contributed by atoms with Crippen LogP contribution < -0.4 is 5.32 Å². The first-order valence-electron chi connectivity index (χ1n) is 5.11. The van der Waals surface area contributed by atoms with Crippen molar-refractivity contribution in [1.29, 1.82) is 0 Å². The fourth-order valence-electron chi connectivity index (χ4n) is 1.12. The average Bonchev–Trinajstić information content (AvgIpc) is 2.30. The minimum atomic E-state index is -0.152. The molecule has 0 atom stereocenters. The maximum absolute atomic E-state index is 11.5. The molecule has 2 N–H and O–H groups in total. The molecule has 1 aromatic heterocycles. The minimum Gasteiger partial charge on any atom is -0.395 e. The number of rotatable bonds is 3. The highest BCUT2D eigenvalue weighted by Gasteiger charge is 2.03. The maximum atomic E-state index is 11.5. The van der Waals surface area contributed by atoms with E-state index in [0.29, 0.717) is 24.1 Å². The van der Waals surface area contributed by atoms with Gasteiger partial charge in [-0.3, -0.25) is 9.78 Å². The Labute approximate surface area is 94.7 Å². The number of hydrogen-bond acceptors (Lipinski definition) is 3. The molecule has 0 radical (unpaired) electrons. The van der Waals surface area contributed by atoms with Gasteiger partial charge in [0.1, 0.15) is 0 Å². The van der Waals surface area contributed by atoms with Crippen molar-refractivity contribution in [1.82, 2.24) is 10.3 Å². The lowest BCUT2D eigenvalue weighted by molar-refractivity contribution is 0.0955. The lowest BCUT2D eigenvalue weighted by Crippen LogP contribution is -2.22.